The first-order valence-electron chi connectivity index (χ1n) is 5.04. The molecular formula is C13H8Br2ClNO. The SMILES string of the molecule is Nc1ccc(C(=O)c2ccc(Br)cc2Cl)c(Br)c1. The Hall–Kier alpha value is -0.840. The van der Waals surface area contributed by atoms with Crippen LogP contribution >= 0.6 is 43.5 Å². The van der Waals surface area contributed by atoms with Gasteiger partial charge in [-0.15, -0.1) is 0 Å². The van der Waals surface area contributed by atoms with Crippen LogP contribution in [0.4, 0.5) is 5.69 Å². The summed E-state index contributed by atoms with van der Waals surface area (Å²) in [5, 5.41) is 0.415. The topological polar surface area (TPSA) is 43.1 Å². The average molecular weight is 389 g/mol. The molecule has 0 fully saturated rings. The summed E-state index contributed by atoms with van der Waals surface area (Å²) in [6, 6.07) is 10.2. The van der Waals surface area contributed by atoms with Gasteiger partial charge in [0.1, 0.15) is 0 Å². The van der Waals surface area contributed by atoms with Crippen molar-refractivity contribution < 1.29 is 4.79 Å². The van der Waals surface area contributed by atoms with Gasteiger partial charge in [-0.1, -0.05) is 27.5 Å². The van der Waals surface area contributed by atoms with E-state index >= 15 is 0 Å². The van der Waals surface area contributed by atoms with E-state index in [1.54, 1.807) is 36.4 Å². The molecule has 0 amide bonds. The minimum Gasteiger partial charge on any atom is -0.399 e. The largest absolute Gasteiger partial charge is 0.399 e. The second-order valence-corrected chi connectivity index (χ2v) is 5.87. The highest BCUT2D eigenvalue weighted by Gasteiger charge is 2.15. The smallest absolute Gasteiger partial charge is 0.195 e. The summed E-state index contributed by atoms with van der Waals surface area (Å²) in [4.78, 5) is 12.3. The number of benzene rings is 2. The average Bonchev–Trinajstić information content (AvgIpc) is 2.28. The van der Waals surface area contributed by atoms with Crippen LogP contribution in [0, 0.1) is 0 Å². The van der Waals surface area contributed by atoms with Crippen molar-refractivity contribution in [3.8, 4) is 0 Å². The number of halogens is 3. The maximum absolute atomic E-state index is 12.3. The van der Waals surface area contributed by atoms with Crippen LogP contribution in [0.5, 0.6) is 0 Å². The van der Waals surface area contributed by atoms with Gasteiger partial charge in [-0.2, -0.15) is 0 Å². The molecule has 0 bridgehead atoms. The first-order chi connectivity index (χ1) is 8.49. The normalized spacial score (nSPS) is 10.4. The molecule has 0 spiro atoms. The van der Waals surface area contributed by atoms with Crippen molar-refractivity contribution in [3.63, 3.8) is 0 Å². The van der Waals surface area contributed by atoms with Gasteiger partial charge < -0.3 is 5.73 Å². The molecule has 0 unspecified atom stereocenters. The fraction of sp³-hybridized carbons (Fsp3) is 0. The molecule has 0 atom stereocenters. The Labute approximate surface area is 126 Å². The summed E-state index contributed by atoms with van der Waals surface area (Å²) in [7, 11) is 0. The van der Waals surface area contributed by atoms with Crippen molar-refractivity contribution in [2.24, 2.45) is 0 Å². The molecule has 0 aliphatic rings. The Bertz CT molecular complexity index is 575. The summed E-state index contributed by atoms with van der Waals surface area (Å²) in [5.74, 6) is -0.139. The third-order valence-corrected chi connectivity index (χ3v) is 3.88. The zero-order valence-electron chi connectivity index (χ0n) is 9.08. The molecule has 0 heterocycles. The summed E-state index contributed by atoms with van der Waals surface area (Å²) in [6.07, 6.45) is 0. The quantitative estimate of drug-likeness (QED) is 0.599. The molecule has 2 aromatic carbocycles. The number of ketones is 1. The Morgan fingerprint density at radius 1 is 1.06 bits per heavy atom. The van der Waals surface area contributed by atoms with Crippen molar-refractivity contribution in [1.82, 2.24) is 0 Å². The number of carbonyl (C=O) groups is 1. The fourth-order valence-corrected chi connectivity index (χ4v) is 2.87. The second kappa shape index (κ2) is 5.43. The monoisotopic (exact) mass is 387 g/mol. The van der Waals surface area contributed by atoms with Gasteiger partial charge >= 0.3 is 0 Å². The molecule has 0 saturated carbocycles. The molecule has 0 aliphatic carbocycles. The number of nitrogen functional groups attached to an aromatic ring is 1. The van der Waals surface area contributed by atoms with E-state index in [2.05, 4.69) is 31.9 Å². The molecule has 2 aromatic rings. The molecule has 5 heteroatoms. The van der Waals surface area contributed by atoms with Crippen LogP contribution in [0.25, 0.3) is 0 Å². The maximum Gasteiger partial charge on any atom is 0.195 e. The highest BCUT2D eigenvalue weighted by atomic mass is 79.9. The van der Waals surface area contributed by atoms with Crippen LogP contribution in [0.3, 0.4) is 0 Å². The van der Waals surface area contributed by atoms with Crippen molar-refractivity contribution >= 4 is 54.9 Å². The summed E-state index contributed by atoms with van der Waals surface area (Å²) in [5.41, 5.74) is 7.24. The fourth-order valence-electron chi connectivity index (χ4n) is 1.53. The molecular weight excluding hydrogens is 381 g/mol. The van der Waals surface area contributed by atoms with Gasteiger partial charge in [0.15, 0.2) is 5.78 Å². The van der Waals surface area contributed by atoms with E-state index < -0.39 is 0 Å². The van der Waals surface area contributed by atoms with Crippen molar-refractivity contribution in [2.75, 3.05) is 5.73 Å². The maximum atomic E-state index is 12.3. The minimum absolute atomic E-state index is 0.139. The van der Waals surface area contributed by atoms with E-state index in [0.29, 0.717) is 26.3 Å². The van der Waals surface area contributed by atoms with Crippen molar-refractivity contribution in [3.05, 3.63) is 61.5 Å². The predicted octanol–water partition coefficient (Wildman–Crippen LogP) is 4.68. The predicted molar refractivity (Wildman–Crippen MR) is 81.1 cm³/mol. The molecule has 2 N–H and O–H groups in total. The zero-order valence-corrected chi connectivity index (χ0v) is 13.0. The van der Waals surface area contributed by atoms with E-state index in [0.717, 1.165) is 4.47 Å². The van der Waals surface area contributed by atoms with Gasteiger partial charge in [0, 0.05) is 25.8 Å². The molecule has 0 aliphatic heterocycles. The van der Waals surface area contributed by atoms with Gasteiger partial charge in [0.05, 0.1) is 5.02 Å². The van der Waals surface area contributed by atoms with E-state index in [1.807, 2.05) is 0 Å². The molecule has 0 aromatic heterocycles. The summed E-state index contributed by atoms with van der Waals surface area (Å²) < 4.78 is 1.49. The molecule has 92 valence electrons. The standard InChI is InChI=1S/C13H8Br2ClNO/c14-7-1-3-10(12(16)5-7)13(18)9-4-2-8(17)6-11(9)15/h1-6H,17H2. The van der Waals surface area contributed by atoms with E-state index in [4.69, 9.17) is 17.3 Å². The Morgan fingerprint density at radius 3 is 2.33 bits per heavy atom. The van der Waals surface area contributed by atoms with Crippen LogP contribution in [0.2, 0.25) is 5.02 Å². The highest BCUT2D eigenvalue weighted by Crippen LogP contribution is 2.27. The lowest BCUT2D eigenvalue weighted by Crippen LogP contribution is -2.03. The van der Waals surface area contributed by atoms with Gasteiger partial charge in [0.25, 0.3) is 0 Å². The summed E-state index contributed by atoms with van der Waals surface area (Å²) in [6.45, 7) is 0. The lowest BCUT2D eigenvalue weighted by molar-refractivity contribution is 0.103. The number of nitrogens with two attached hydrogens (primary N) is 1. The number of rotatable bonds is 2. The zero-order chi connectivity index (χ0) is 13.3. The number of anilines is 1. The van der Waals surface area contributed by atoms with E-state index in [-0.39, 0.29) is 5.78 Å². The van der Waals surface area contributed by atoms with Gasteiger partial charge in [0.2, 0.25) is 0 Å². The Balaban J connectivity index is 2.48. The third kappa shape index (κ3) is 2.76. The Morgan fingerprint density at radius 2 is 1.72 bits per heavy atom. The highest BCUT2D eigenvalue weighted by molar-refractivity contribution is 9.10. The van der Waals surface area contributed by atoms with Crippen LogP contribution in [0.1, 0.15) is 15.9 Å². The lowest BCUT2D eigenvalue weighted by Gasteiger charge is -2.07. The second-order valence-electron chi connectivity index (χ2n) is 3.69. The van der Waals surface area contributed by atoms with E-state index in [9.17, 15) is 4.79 Å². The van der Waals surface area contributed by atoms with Crippen LogP contribution in [0.15, 0.2) is 45.3 Å². The van der Waals surface area contributed by atoms with Crippen molar-refractivity contribution in [1.29, 1.82) is 0 Å². The van der Waals surface area contributed by atoms with Crippen LogP contribution in [-0.4, -0.2) is 5.78 Å². The molecule has 2 nitrogen and oxygen atoms in total. The molecule has 0 radical (unpaired) electrons. The van der Waals surface area contributed by atoms with Crippen LogP contribution < -0.4 is 5.73 Å². The number of hydrogen-bond acceptors (Lipinski definition) is 2. The first kappa shape index (κ1) is 13.6. The first-order valence-corrected chi connectivity index (χ1v) is 7.00. The van der Waals surface area contributed by atoms with Crippen molar-refractivity contribution in [2.45, 2.75) is 0 Å². The van der Waals surface area contributed by atoms with Gasteiger partial charge in [-0.05, 0) is 52.3 Å². The minimum atomic E-state index is -0.139. The molecule has 0 saturated heterocycles. The van der Waals surface area contributed by atoms with Gasteiger partial charge in [-0.3, -0.25) is 4.79 Å². The number of hydrogen-bond donors (Lipinski definition) is 1. The summed E-state index contributed by atoms with van der Waals surface area (Å²) >= 11 is 12.7. The van der Waals surface area contributed by atoms with Gasteiger partial charge in [-0.25, -0.2) is 0 Å². The third-order valence-electron chi connectivity index (χ3n) is 2.41. The number of carbonyl (C=O) groups excluding carboxylic acids is 1. The molecule has 18 heavy (non-hydrogen) atoms. The van der Waals surface area contributed by atoms with E-state index in [1.165, 1.54) is 0 Å². The molecule has 2 rings (SSSR count). The van der Waals surface area contributed by atoms with Crippen LogP contribution in [-0.2, 0) is 0 Å². The lowest BCUT2D eigenvalue weighted by atomic mass is 10.0. The Kier molecular flexibility index (Phi) is 4.10.